The number of nitrogens with one attached hydrogen (secondary N) is 1. The van der Waals surface area contributed by atoms with Crippen molar-refractivity contribution in [2.24, 2.45) is 0 Å². The Hall–Kier alpha value is -2.76. The van der Waals surface area contributed by atoms with Gasteiger partial charge in [-0.05, 0) is 6.07 Å². The van der Waals surface area contributed by atoms with Crippen molar-refractivity contribution in [2.75, 3.05) is 0 Å². The molecule has 6 nitrogen and oxygen atoms in total. The Labute approximate surface area is 101 Å². The quantitative estimate of drug-likeness (QED) is 0.549. The predicted molar refractivity (Wildman–Crippen MR) is 64.8 cm³/mol. The summed E-state index contributed by atoms with van der Waals surface area (Å²) in [6.45, 7) is 0. The zero-order chi connectivity index (χ0) is 12.5. The minimum atomic E-state index is -0.474. The summed E-state index contributed by atoms with van der Waals surface area (Å²) >= 11 is 0. The molecule has 6 heteroatoms. The third-order valence-corrected chi connectivity index (χ3v) is 2.58. The Bertz CT molecular complexity index is 721. The molecule has 18 heavy (non-hydrogen) atoms. The molecule has 0 bridgehead atoms. The van der Waals surface area contributed by atoms with E-state index in [1.54, 1.807) is 6.07 Å². The molecule has 0 fully saturated rings. The van der Waals surface area contributed by atoms with Crippen molar-refractivity contribution in [1.29, 1.82) is 0 Å². The molecule has 0 aliphatic carbocycles. The van der Waals surface area contributed by atoms with Crippen molar-refractivity contribution in [3.8, 4) is 11.3 Å². The van der Waals surface area contributed by atoms with Crippen LogP contribution in [0, 0.1) is 16.2 Å². The third-order valence-electron chi connectivity index (χ3n) is 2.58. The highest BCUT2D eigenvalue weighted by atomic mass is 16.6. The number of pyridine rings is 1. The first-order valence-corrected chi connectivity index (χ1v) is 5.21. The number of nitro groups is 1. The maximum atomic E-state index is 10.7. The van der Waals surface area contributed by atoms with Crippen molar-refractivity contribution >= 4 is 16.7 Å². The van der Waals surface area contributed by atoms with Gasteiger partial charge in [0, 0.05) is 11.6 Å². The molecular formula is C12H7N4O2. The van der Waals surface area contributed by atoms with Crippen molar-refractivity contribution in [2.45, 2.75) is 0 Å². The van der Waals surface area contributed by atoms with Gasteiger partial charge in [0.25, 0.3) is 5.69 Å². The summed E-state index contributed by atoms with van der Waals surface area (Å²) in [4.78, 5) is 14.2. The van der Waals surface area contributed by atoms with Gasteiger partial charge in [-0.15, -0.1) is 0 Å². The van der Waals surface area contributed by atoms with Crippen LogP contribution in [-0.2, 0) is 0 Å². The van der Waals surface area contributed by atoms with E-state index in [1.807, 2.05) is 18.2 Å². The molecule has 0 amide bonds. The Kier molecular flexibility index (Phi) is 2.26. The second-order valence-electron chi connectivity index (χ2n) is 3.70. The summed E-state index contributed by atoms with van der Waals surface area (Å²) in [5.41, 5.74) is 1.85. The fourth-order valence-electron chi connectivity index (χ4n) is 1.74. The normalized spacial score (nSPS) is 10.7. The van der Waals surface area contributed by atoms with E-state index in [1.165, 1.54) is 12.3 Å². The van der Waals surface area contributed by atoms with E-state index in [4.69, 9.17) is 0 Å². The van der Waals surface area contributed by atoms with Crippen molar-refractivity contribution < 1.29 is 4.92 Å². The first-order valence-electron chi connectivity index (χ1n) is 5.21. The summed E-state index contributed by atoms with van der Waals surface area (Å²) in [5, 5.41) is 18.2. The molecule has 0 aliphatic heterocycles. The largest absolute Gasteiger partial charge is 0.288 e. The lowest BCUT2D eigenvalue weighted by Crippen LogP contribution is -1.89. The number of hydrogen-bond acceptors (Lipinski definition) is 4. The van der Waals surface area contributed by atoms with Crippen LogP contribution in [0.4, 0.5) is 5.69 Å². The van der Waals surface area contributed by atoms with E-state index in [0.717, 1.165) is 5.56 Å². The van der Waals surface area contributed by atoms with Crippen LogP contribution in [0.3, 0.4) is 0 Å². The van der Waals surface area contributed by atoms with Crippen molar-refractivity contribution in [3.63, 3.8) is 0 Å². The van der Waals surface area contributed by atoms with Gasteiger partial charge in [-0.3, -0.25) is 15.2 Å². The Balaban J connectivity index is 2.24. The first-order chi connectivity index (χ1) is 8.75. The molecular weight excluding hydrogens is 232 g/mol. The fraction of sp³-hybridized carbons (Fsp3) is 0. The molecule has 0 unspecified atom stereocenters. The summed E-state index contributed by atoms with van der Waals surface area (Å²) in [5.74, 6) is 0. The second kappa shape index (κ2) is 3.92. The average molecular weight is 239 g/mol. The number of H-pyrrole nitrogens is 1. The molecule has 1 N–H and O–H groups in total. The standard InChI is InChI=1S/C12H7N4O2/c17-16(18)9-6-10-11(8-4-2-1-3-5-8)14-15-12(10)13-7-9/h1-4,6-7H,(H,13,14,15). The third kappa shape index (κ3) is 1.60. The Morgan fingerprint density at radius 2 is 2.28 bits per heavy atom. The van der Waals surface area contributed by atoms with Gasteiger partial charge in [0.15, 0.2) is 5.65 Å². The zero-order valence-corrected chi connectivity index (χ0v) is 9.12. The number of hydrogen-bond donors (Lipinski definition) is 1. The second-order valence-corrected chi connectivity index (χ2v) is 3.70. The molecule has 2 heterocycles. The van der Waals surface area contributed by atoms with Crippen LogP contribution in [0.25, 0.3) is 22.3 Å². The van der Waals surface area contributed by atoms with Crippen LogP contribution < -0.4 is 0 Å². The SMILES string of the molecule is O=[N+]([O-])c1cnc2[nH]nc(-c3[c]cccc3)c2c1. The van der Waals surface area contributed by atoms with Crippen LogP contribution >= 0.6 is 0 Å². The zero-order valence-electron chi connectivity index (χ0n) is 9.12. The minimum Gasteiger partial charge on any atom is -0.260 e. The highest BCUT2D eigenvalue weighted by Crippen LogP contribution is 2.27. The van der Waals surface area contributed by atoms with Crippen LogP contribution in [0.5, 0.6) is 0 Å². The summed E-state index contributed by atoms with van der Waals surface area (Å²) < 4.78 is 0. The van der Waals surface area contributed by atoms with E-state index in [0.29, 0.717) is 16.7 Å². The maximum absolute atomic E-state index is 10.7. The van der Waals surface area contributed by atoms with Gasteiger partial charge in [0.2, 0.25) is 0 Å². The highest BCUT2D eigenvalue weighted by molar-refractivity contribution is 5.91. The summed E-state index contributed by atoms with van der Waals surface area (Å²) in [7, 11) is 0. The van der Waals surface area contributed by atoms with E-state index < -0.39 is 4.92 Å². The topological polar surface area (TPSA) is 84.7 Å². The summed E-state index contributed by atoms with van der Waals surface area (Å²) in [6.07, 6.45) is 1.21. The Morgan fingerprint density at radius 1 is 1.39 bits per heavy atom. The van der Waals surface area contributed by atoms with Crippen LogP contribution in [0.15, 0.2) is 36.5 Å². The lowest BCUT2D eigenvalue weighted by Gasteiger charge is -1.96. The molecule has 3 rings (SSSR count). The number of rotatable bonds is 2. The van der Waals surface area contributed by atoms with Gasteiger partial charge in [-0.1, -0.05) is 24.3 Å². The molecule has 1 aromatic carbocycles. The lowest BCUT2D eigenvalue weighted by molar-refractivity contribution is -0.385. The average Bonchev–Trinajstić information content (AvgIpc) is 2.82. The molecule has 2 aromatic heterocycles. The number of benzene rings is 1. The van der Waals surface area contributed by atoms with E-state index in [-0.39, 0.29) is 5.69 Å². The molecule has 1 radical (unpaired) electrons. The van der Waals surface area contributed by atoms with Gasteiger partial charge in [0.1, 0.15) is 11.9 Å². The van der Waals surface area contributed by atoms with Gasteiger partial charge in [-0.25, -0.2) is 4.98 Å². The van der Waals surface area contributed by atoms with Crippen LogP contribution in [-0.4, -0.2) is 20.1 Å². The highest BCUT2D eigenvalue weighted by Gasteiger charge is 2.13. The molecule has 3 aromatic rings. The van der Waals surface area contributed by atoms with Gasteiger partial charge >= 0.3 is 0 Å². The number of aromatic nitrogens is 3. The summed E-state index contributed by atoms with van der Waals surface area (Å²) in [6, 6.07) is 11.8. The maximum Gasteiger partial charge on any atom is 0.288 e. The number of fused-ring (bicyclic) bond motifs is 1. The number of nitrogens with zero attached hydrogens (tertiary/aromatic N) is 3. The Morgan fingerprint density at radius 3 is 3.00 bits per heavy atom. The lowest BCUT2D eigenvalue weighted by atomic mass is 10.1. The smallest absolute Gasteiger partial charge is 0.260 e. The minimum absolute atomic E-state index is 0.0546. The van der Waals surface area contributed by atoms with Gasteiger partial charge in [-0.2, -0.15) is 5.10 Å². The molecule has 0 spiro atoms. The molecule has 0 aliphatic rings. The molecule has 0 saturated heterocycles. The molecule has 0 saturated carbocycles. The monoisotopic (exact) mass is 239 g/mol. The van der Waals surface area contributed by atoms with Crippen LogP contribution in [0.2, 0.25) is 0 Å². The molecule has 0 atom stereocenters. The van der Waals surface area contributed by atoms with Gasteiger partial charge in [0.05, 0.1) is 10.3 Å². The van der Waals surface area contributed by atoms with E-state index in [9.17, 15) is 10.1 Å². The molecule has 87 valence electrons. The number of aromatic amines is 1. The van der Waals surface area contributed by atoms with Crippen molar-refractivity contribution in [1.82, 2.24) is 15.2 Å². The van der Waals surface area contributed by atoms with Crippen molar-refractivity contribution in [3.05, 3.63) is 52.7 Å². The van der Waals surface area contributed by atoms with E-state index in [2.05, 4.69) is 21.2 Å². The predicted octanol–water partition coefficient (Wildman–Crippen LogP) is 2.33. The fourth-order valence-corrected chi connectivity index (χ4v) is 1.74. The first kappa shape index (κ1) is 10.4. The van der Waals surface area contributed by atoms with Crippen LogP contribution in [0.1, 0.15) is 0 Å². The van der Waals surface area contributed by atoms with E-state index >= 15 is 0 Å². The van der Waals surface area contributed by atoms with Gasteiger partial charge < -0.3 is 0 Å².